The van der Waals surface area contributed by atoms with Crippen LogP contribution in [0.5, 0.6) is 0 Å². The van der Waals surface area contributed by atoms with Crippen molar-refractivity contribution < 1.29 is 4.90 Å². The summed E-state index contributed by atoms with van der Waals surface area (Å²) in [6.45, 7) is 6.34. The number of quaternary nitrogens is 1. The molecule has 1 aliphatic heterocycles. The van der Waals surface area contributed by atoms with E-state index in [1.165, 1.54) is 11.3 Å². The van der Waals surface area contributed by atoms with Gasteiger partial charge in [0.25, 0.3) is 0 Å². The Balaban J connectivity index is 1.51. The average Bonchev–Trinajstić information content (AvgIpc) is 2.77. The maximum Gasteiger partial charge on any atom is 0.111 e. The highest BCUT2D eigenvalue weighted by molar-refractivity contribution is 7.99. The Hall–Kier alpha value is -1.07. The molecule has 4 rings (SSSR count). The summed E-state index contributed by atoms with van der Waals surface area (Å²) in [5, 5.41) is 2.91. The lowest BCUT2D eigenvalue weighted by atomic mass is 10.1. The van der Waals surface area contributed by atoms with Crippen molar-refractivity contribution in [1.82, 2.24) is 0 Å². The van der Waals surface area contributed by atoms with Gasteiger partial charge in [-0.3, -0.25) is 0 Å². The zero-order chi connectivity index (χ0) is 22.0. The molecule has 0 unspecified atom stereocenters. The second-order valence-electron chi connectivity index (χ2n) is 7.71. The van der Waals surface area contributed by atoms with E-state index in [4.69, 9.17) is 46.4 Å². The molecule has 7 heteroatoms. The van der Waals surface area contributed by atoms with Crippen LogP contribution in [-0.4, -0.2) is 26.2 Å². The third-order valence-electron chi connectivity index (χ3n) is 5.74. The fourth-order valence-electron chi connectivity index (χ4n) is 4.00. The molecule has 2 nitrogen and oxygen atoms in total. The molecule has 0 aliphatic carbocycles. The van der Waals surface area contributed by atoms with Crippen molar-refractivity contribution in [3.8, 4) is 0 Å². The van der Waals surface area contributed by atoms with Crippen molar-refractivity contribution >= 4 is 63.9 Å². The van der Waals surface area contributed by atoms with Crippen LogP contribution in [0.3, 0.4) is 0 Å². The highest BCUT2D eigenvalue weighted by atomic mass is 35.5. The molecular formula is C24H23Cl4N2S+. The van der Waals surface area contributed by atoms with Gasteiger partial charge < -0.3 is 9.80 Å². The second-order valence-corrected chi connectivity index (χ2v) is 10.5. The minimum atomic E-state index is 0.306. The zero-order valence-electron chi connectivity index (χ0n) is 17.0. The standard InChI is InChI=1S/C24H22Cl4N2S/c1-16(29-9-11-30(12-10-29)20-4-2-3-17(25)13-20)21-14-18(26)6-8-23(21)31-24-15-19(27)5-7-22(24)28/h2-8,13-16H,9-12H2,1H3/p+1/t16-/m1/s1. The SMILES string of the molecule is C[C@H](c1cc(Cl)ccc1Sc1cc(Cl)ccc1Cl)[NH+]1CCN(c2cccc(Cl)c2)CC1. The van der Waals surface area contributed by atoms with Gasteiger partial charge in [0, 0.05) is 36.1 Å². The van der Waals surface area contributed by atoms with E-state index in [0.29, 0.717) is 16.1 Å². The van der Waals surface area contributed by atoms with Crippen LogP contribution in [-0.2, 0) is 0 Å². The molecule has 1 saturated heterocycles. The molecule has 1 fully saturated rings. The molecule has 1 atom stereocenters. The lowest BCUT2D eigenvalue weighted by Crippen LogP contribution is -3.14. The van der Waals surface area contributed by atoms with Crippen LogP contribution in [0, 0.1) is 0 Å². The lowest BCUT2D eigenvalue weighted by molar-refractivity contribution is -0.930. The first kappa shape index (κ1) is 23.1. The summed E-state index contributed by atoms with van der Waals surface area (Å²) in [4.78, 5) is 6.05. The fraction of sp³-hybridized carbons (Fsp3) is 0.250. The monoisotopic (exact) mass is 511 g/mol. The second kappa shape index (κ2) is 10.2. The van der Waals surface area contributed by atoms with Crippen molar-refractivity contribution in [3.63, 3.8) is 0 Å². The molecule has 1 N–H and O–H groups in total. The predicted octanol–water partition coefficient (Wildman–Crippen LogP) is 6.92. The minimum Gasteiger partial charge on any atom is -0.360 e. The van der Waals surface area contributed by atoms with Gasteiger partial charge in [-0.2, -0.15) is 0 Å². The Labute approximate surface area is 208 Å². The Morgan fingerprint density at radius 1 is 0.806 bits per heavy atom. The summed E-state index contributed by atoms with van der Waals surface area (Å²) in [5.41, 5.74) is 2.42. The van der Waals surface area contributed by atoms with E-state index >= 15 is 0 Å². The van der Waals surface area contributed by atoms with Crippen molar-refractivity contribution in [2.75, 3.05) is 31.1 Å². The van der Waals surface area contributed by atoms with Gasteiger partial charge in [-0.05, 0) is 61.5 Å². The highest BCUT2D eigenvalue weighted by Crippen LogP contribution is 2.39. The van der Waals surface area contributed by atoms with Crippen LogP contribution in [0.25, 0.3) is 0 Å². The van der Waals surface area contributed by atoms with E-state index in [1.54, 1.807) is 16.7 Å². The van der Waals surface area contributed by atoms with Crippen molar-refractivity contribution in [1.29, 1.82) is 0 Å². The van der Waals surface area contributed by atoms with E-state index in [1.807, 2.05) is 42.5 Å². The summed E-state index contributed by atoms with van der Waals surface area (Å²) in [6, 6.07) is 20.1. The minimum absolute atomic E-state index is 0.306. The van der Waals surface area contributed by atoms with E-state index < -0.39 is 0 Å². The zero-order valence-corrected chi connectivity index (χ0v) is 20.9. The number of nitrogens with zero attached hydrogens (tertiary/aromatic N) is 1. The highest BCUT2D eigenvalue weighted by Gasteiger charge is 2.28. The molecule has 0 aromatic heterocycles. The van der Waals surface area contributed by atoms with Crippen LogP contribution >= 0.6 is 58.2 Å². The number of piperazine rings is 1. The molecule has 3 aromatic rings. The largest absolute Gasteiger partial charge is 0.360 e. The number of benzene rings is 3. The van der Waals surface area contributed by atoms with Gasteiger partial charge in [-0.1, -0.05) is 64.2 Å². The van der Waals surface area contributed by atoms with Crippen LogP contribution in [0.1, 0.15) is 18.5 Å². The summed E-state index contributed by atoms with van der Waals surface area (Å²) in [7, 11) is 0. The van der Waals surface area contributed by atoms with Crippen LogP contribution < -0.4 is 9.80 Å². The summed E-state index contributed by atoms with van der Waals surface area (Å²) in [5.74, 6) is 0. The molecular weight excluding hydrogens is 490 g/mol. The predicted molar refractivity (Wildman–Crippen MR) is 135 cm³/mol. The smallest absolute Gasteiger partial charge is 0.111 e. The molecule has 0 bridgehead atoms. The normalized spacial score (nSPS) is 15.8. The van der Waals surface area contributed by atoms with Gasteiger partial charge in [-0.25, -0.2) is 0 Å². The maximum atomic E-state index is 6.42. The molecule has 1 aliphatic rings. The number of rotatable bonds is 5. The molecule has 3 aromatic carbocycles. The van der Waals surface area contributed by atoms with Crippen molar-refractivity contribution in [3.05, 3.63) is 86.3 Å². The van der Waals surface area contributed by atoms with E-state index in [9.17, 15) is 0 Å². The Kier molecular flexibility index (Phi) is 7.64. The van der Waals surface area contributed by atoms with Gasteiger partial charge in [-0.15, -0.1) is 0 Å². The van der Waals surface area contributed by atoms with Crippen LogP contribution in [0.4, 0.5) is 5.69 Å². The quantitative estimate of drug-likeness (QED) is 0.396. The van der Waals surface area contributed by atoms with E-state index in [2.05, 4.69) is 30.0 Å². The Morgan fingerprint density at radius 3 is 2.23 bits per heavy atom. The summed E-state index contributed by atoms with van der Waals surface area (Å²) >= 11 is 26.8. The van der Waals surface area contributed by atoms with Gasteiger partial charge in [0.1, 0.15) is 6.04 Å². The summed E-state index contributed by atoms with van der Waals surface area (Å²) in [6.07, 6.45) is 0. The molecule has 31 heavy (non-hydrogen) atoms. The first-order valence-electron chi connectivity index (χ1n) is 10.2. The third kappa shape index (κ3) is 5.65. The number of hydrogen-bond donors (Lipinski definition) is 1. The van der Waals surface area contributed by atoms with Gasteiger partial charge in [0.2, 0.25) is 0 Å². The molecule has 1 heterocycles. The number of halogens is 4. The Bertz CT molecular complexity index is 1070. The fourth-order valence-corrected chi connectivity index (χ4v) is 5.92. The first-order valence-corrected chi connectivity index (χ1v) is 12.5. The molecule has 0 radical (unpaired) electrons. The van der Waals surface area contributed by atoms with Crippen molar-refractivity contribution in [2.45, 2.75) is 22.8 Å². The maximum absolute atomic E-state index is 6.42. The van der Waals surface area contributed by atoms with Crippen LogP contribution in [0.2, 0.25) is 20.1 Å². The average molecular weight is 513 g/mol. The molecule has 162 valence electrons. The topological polar surface area (TPSA) is 7.68 Å². The number of nitrogens with one attached hydrogen (secondary N) is 1. The van der Waals surface area contributed by atoms with E-state index in [0.717, 1.165) is 46.0 Å². The van der Waals surface area contributed by atoms with E-state index in [-0.39, 0.29) is 0 Å². The van der Waals surface area contributed by atoms with Gasteiger partial charge >= 0.3 is 0 Å². The lowest BCUT2D eigenvalue weighted by Gasteiger charge is -2.37. The Morgan fingerprint density at radius 2 is 1.48 bits per heavy atom. The van der Waals surface area contributed by atoms with Crippen molar-refractivity contribution in [2.24, 2.45) is 0 Å². The number of hydrogen-bond acceptors (Lipinski definition) is 2. The molecule has 0 spiro atoms. The first-order chi connectivity index (χ1) is 14.9. The van der Waals surface area contributed by atoms with Gasteiger partial charge in [0.15, 0.2) is 0 Å². The van der Waals surface area contributed by atoms with Gasteiger partial charge in [0.05, 0.1) is 31.2 Å². The third-order valence-corrected chi connectivity index (χ3v) is 8.04. The van der Waals surface area contributed by atoms with Crippen LogP contribution in [0.15, 0.2) is 70.5 Å². The molecule has 0 saturated carbocycles. The number of anilines is 1. The molecule has 0 amide bonds. The summed E-state index contributed by atoms with van der Waals surface area (Å²) < 4.78 is 0.